The molecule has 1 aliphatic rings. The van der Waals surface area contributed by atoms with Crippen LogP contribution in [-0.2, 0) is 12.8 Å². The second kappa shape index (κ2) is 5.11. The summed E-state index contributed by atoms with van der Waals surface area (Å²) in [6, 6.07) is 8.27. The third kappa shape index (κ3) is 2.27. The first-order valence-corrected chi connectivity index (χ1v) is 7.40. The van der Waals surface area contributed by atoms with Crippen molar-refractivity contribution in [3.05, 3.63) is 34.8 Å². The fourth-order valence-electron chi connectivity index (χ4n) is 2.34. The van der Waals surface area contributed by atoms with Gasteiger partial charge in [-0.1, -0.05) is 0 Å². The Hall–Kier alpha value is -1.35. The Balaban J connectivity index is 1.87. The fraction of sp³-hybridized carbons (Fsp3) is 0.400. The molecule has 0 aliphatic heterocycles. The number of hydrogen-bond acceptors (Lipinski definition) is 3. The van der Waals surface area contributed by atoms with E-state index in [1.54, 1.807) is 0 Å². The lowest BCUT2D eigenvalue weighted by molar-refractivity contribution is 0.340. The lowest BCUT2D eigenvalue weighted by atomic mass is 10.0. The molecule has 0 N–H and O–H groups in total. The molecule has 0 bridgehead atoms. The number of rotatable bonds is 3. The lowest BCUT2D eigenvalue weighted by Gasteiger charge is -2.06. The molecule has 0 atom stereocenters. The Morgan fingerprint density at radius 2 is 1.94 bits per heavy atom. The van der Waals surface area contributed by atoms with Crippen molar-refractivity contribution >= 4 is 11.3 Å². The third-order valence-electron chi connectivity index (χ3n) is 3.26. The van der Waals surface area contributed by atoms with Crippen molar-refractivity contribution in [2.45, 2.75) is 32.6 Å². The lowest BCUT2D eigenvalue weighted by Crippen LogP contribution is -1.98. The zero-order chi connectivity index (χ0) is 12.4. The van der Waals surface area contributed by atoms with Crippen molar-refractivity contribution in [2.24, 2.45) is 0 Å². The molecule has 3 rings (SSSR count). The molecule has 0 saturated carbocycles. The van der Waals surface area contributed by atoms with Crippen LogP contribution in [0.1, 0.15) is 30.3 Å². The molecule has 2 aromatic rings. The van der Waals surface area contributed by atoms with Crippen molar-refractivity contribution in [1.82, 2.24) is 4.98 Å². The summed E-state index contributed by atoms with van der Waals surface area (Å²) in [5.74, 6) is 0.933. The van der Waals surface area contributed by atoms with Crippen LogP contribution in [0.15, 0.2) is 24.3 Å². The molecule has 0 amide bonds. The van der Waals surface area contributed by atoms with E-state index in [-0.39, 0.29) is 0 Å². The summed E-state index contributed by atoms with van der Waals surface area (Å²) in [5, 5.41) is 1.16. The summed E-state index contributed by atoms with van der Waals surface area (Å²) in [6.07, 6.45) is 4.98. The largest absolute Gasteiger partial charge is 0.494 e. The molecular weight excluding hydrogens is 242 g/mol. The fourth-order valence-corrected chi connectivity index (χ4v) is 3.49. The van der Waals surface area contributed by atoms with Gasteiger partial charge in [0.05, 0.1) is 12.3 Å². The van der Waals surface area contributed by atoms with Gasteiger partial charge < -0.3 is 4.74 Å². The first-order chi connectivity index (χ1) is 8.86. The predicted octanol–water partition coefficient (Wildman–Crippen LogP) is 4.09. The van der Waals surface area contributed by atoms with E-state index in [0.717, 1.165) is 17.2 Å². The van der Waals surface area contributed by atoms with Gasteiger partial charge in [-0.2, -0.15) is 0 Å². The Kier molecular flexibility index (Phi) is 3.33. The number of nitrogens with zero attached hydrogens (tertiary/aromatic N) is 1. The highest BCUT2D eigenvalue weighted by molar-refractivity contribution is 7.15. The van der Waals surface area contributed by atoms with E-state index in [1.807, 2.05) is 30.4 Å². The summed E-state index contributed by atoms with van der Waals surface area (Å²) in [5.41, 5.74) is 2.54. The molecule has 0 saturated heterocycles. The van der Waals surface area contributed by atoms with Crippen LogP contribution in [0.3, 0.4) is 0 Å². The smallest absolute Gasteiger partial charge is 0.123 e. The summed E-state index contributed by atoms with van der Waals surface area (Å²) in [4.78, 5) is 6.27. The maximum atomic E-state index is 5.46. The molecule has 0 unspecified atom stereocenters. The molecule has 3 heteroatoms. The highest BCUT2D eigenvalue weighted by atomic mass is 32.1. The van der Waals surface area contributed by atoms with E-state index in [4.69, 9.17) is 9.72 Å². The molecule has 1 heterocycles. The highest BCUT2D eigenvalue weighted by Gasteiger charge is 2.15. The van der Waals surface area contributed by atoms with Crippen LogP contribution in [0, 0.1) is 0 Å². The van der Waals surface area contributed by atoms with E-state index in [1.165, 1.54) is 35.4 Å². The average molecular weight is 259 g/mol. The van der Waals surface area contributed by atoms with Gasteiger partial charge in [-0.3, -0.25) is 0 Å². The molecule has 1 aromatic carbocycles. The van der Waals surface area contributed by atoms with Gasteiger partial charge in [0, 0.05) is 10.4 Å². The normalized spacial score (nSPS) is 14.3. The topological polar surface area (TPSA) is 22.1 Å². The van der Waals surface area contributed by atoms with Crippen LogP contribution in [0.5, 0.6) is 5.75 Å². The van der Waals surface area contributed by atoms with Crippen LogP contribution in [0.2, 0.25) is 0 Å². The van der Waals surface area contributed by atoms with Gasteiger partial charge >= 0.3 is 0 Å². The number of fused-ring (bicyclic) bond motifs is 1. The van der Waals surface area contributed by atoms with Crippen LogP contribution in [0.25, 0.3) is 10.6 Å². The molecule has 94 valence electrons. The Bertz CT molecular complexity index is 506. The van der Waals surface area contributed by atoms with Gasteiger partial charge in [0.25, 0.3) is 0 Å². The van der Waals surface area contributed by atoms with E-state index in [9.17, 15) is 0 Å². The zero-order valence-corrected chi connectivity index (χ0v) is 11.4. The first-order valence-electron chi connectivity index (χ1n) is 6.58. The van der Waals surface area contributed by atoms with Gasteiger partial charge in [-0.25, -0.2) is 4.98 Å². The van der Waals surface area contributed by atoms with E-state index in [0.29, 0.717) is 6.61 Å². The van der Waals surface area contributed by atoms with Crippen LogP contribution in [0.4, 0.5) is 0 Å². The number of aromatic nitrogens is 1. The predicted molar refractivity (Wildman–Crippen MR) is 75.4 cm³/mol. The molecule has 2 nitrogen and oxygen atoms in total. The van der Waals surface area contributed by atoms with Crippen LogP contribution in [-0.4, -0.2) is 11.6 Å². The van der Waals surface area contributed by atoms with Crippen LogP contribution >= 0.6 is 11.3 Å². The number of hydrogen-bond donors (Lipinski definition) is 0. The van der Waals surface area contributed by atoms with Gasteiger partial charge in [-0.15, -0.1) is 11.3 Å². The summed E-state index contributed by atoms with van der Waals surface area (Å²) in [6.45, 7) is 2.72. The Morgan fingerprint density at radius 3 is 2.67 bits per heavy atom. The number of ether oxygens (including phenoxy) is 1. The first kappa shape index (κ1) is 11.7. The molecular formula is C15H17NOS. The summed E-state index contributed by atoms with van der Waals surface area (Å²) < 4.78 is 5.46. The minimum Gasteiger partial charge on any atom is -0.494 e. The van der Waals surface area contributed by atoms with Crippen molar-refractivity contribution in [1.29, 1.82) is 0 Å². The molecule has 0 fully saturated rings. The molecule has 0 spiro atoms. The summed E-state index contributed by atoms with van der Waals surface area (Å²) in [7, 11) is 0. The standard InChI is InChI=1S/C15H17NOS/c1-2-17-12-9-7-11(8-10-12)15-16-13-5-3-4-6-14(13)18-15/h7-10H,2-6H2,1H3. The Labute approximate surface area is 112 Å². The maximum absolute atomic E-state index is 5.46. The number of thiazole rings is 1. The molecule has 18 heavy (non-hydrogen) atoms. The Morgan fingerprint density at radius 1 is 1.17 bits per heavy atom. The molecule has 0 radical (unpaired) electrons. The average Bonchev–Trinajstić information content (AvgIpc) is 2.84. The van der Waals surface area contributed by atoms with Crippen molar-refractivity contribution < 1.29 is 4.74 Å². The van der Waals surface area contributed by atoms with Gasteiger partial charge in [-0.05, 0) is 56.9 Å². The maximum Gasteiger partial charge on any atom is 0.123 e. The van der Waals surface area contributed by atoms with Crippen molar-refractivity contribution in [2.75, 3.05) is 6.61 Å². The number of aryl methyl sites for hydroxylation is 2. The van der Waals surface area contributed by atoms with Gasteiger partial charge in [0.2, 0.25) is 0 Å². The third-order valence-corrected chi connectivity index (χ3v) is 4.46. The second-order valence-electron chi connectivity index (χ2n) is 4.55. The second-order valence-corrected chi connectivity index (χ2v) is 5.64. The minimum atomic E-state index is 0.713. The highest BCUT2D eigenvalue weighted by Crippen LogP contribution is 2.33. The van der Waals surface area contributed by atoms with Crippen LogP contribution < -0.4 is 4.74 Å². The van der Waals surface area contributed by atoms with Crippen molar-refractivity contribution in [3.63, 3.8) is 0 Å². The SMILES string of the molecule is CCOc1ccc(-c2nc3c(s2)CCCC3)cc1. The summed E-state index contributed by atoms with van der Waals surface area (Å²) >= 11 is 1.86. The van der Waals surface area contributed by atoms with Gasteiger partial charge in [0.1, 0.15) is 10.8 Å². The molecule has 1 aromatic heterocycles. The van der Waals surface area contributed by atoms with E-state index >= 15 is 0 Å². The quantitative estimate of drug-likeness (QED) is 0.828. The van der Waals surface area contributed by atoms with E-state index < -0.39 is 0 Å². The minimum absolute atomic E-state index is 0.713. The zero-order valence-electron chi connectivity index (χ0n) is 10.6. The van der Waals surface area contributed by atoms with E-state index in [2.05, 4.69) is 12.1 Å². The van der Waals surface area contributed by atoms with Gasteiger partial charge in [0.15, 0.2) is 0 Å². The number of benzene rings is 1. The molecule has 1 aliphatic carbocycles. The monoisotopic (exact) mass is 259 g/mol. The van der Waals surface area contributed by atoms with Crippen molar-refractivity contribution in [3.8, 4) is 16.3 Å².